The highest BCUT2D eigenvalue weighted by atomic mass is 16.6. The van der Waals surface area contributed by atoms with Crippen LogP contribution in [-0.4, -0.2) is 38.2 Å². The highest BCUT2D eigenvalue weighted by Gasteiger charge is 2.27. The van der Waals surface area contributed by atoms with Gasteiger partial charge in [0.2, 0.25) is 0 Å². The molecule has 1 atom stereocenters. The summed E-state index contributed by atoms with van der Waals surface area (Å²) in [6.07, 6.45) is -0.213. The fourth-order valence-corrected chi connectivity index (χ4v) is 3.07. The molecule has 0 amide bonds. The van der Waals surface area contributed by atoms with E-state index in [1.54, 1.807) is 7.11 Å². The van der Waals surface area contributed by atoms with Gasteiger partial charge >= 0.3 is 0 Å². The van der Waals surface area contributed by atoms with E-state index < -0.39 is 0 Å². The lowest BCUT2D eigenvalue weighted by Gasteiger charge is -2.26. The minimum Gasteiger partial charge on any atom is -0.470 e. The van der Waals surface area contributed by atoms with Crippen LogP contribution in [0.4, 0.5) is 11.4 Å². The second kappa shape index (κ2) is 8.35. The van der Waals surface area contributed by atoms with Crippen LogP contribution in [0.15, 0.2) is 46.4 Å². The topological polar surface area (TPSA) is 52.4 Å². The van der Waals surface area contributed by atoms with Gasteiger partial charge in [-0.2, -0.15) is 0 Å². The van der Waals surface area contributed by atoms with E-state index in [4.69, 9.17) is 24.2 Å². The molecule has 0 spiro atoms. The van der Waals surface area contributed by atoms with E-state index in [1.165, 1.54) is 0 Å². The molecule has 2 aromatic carbocycles. The van der Waals surface area contributed by atoms with Crippen LogP contribution in [0.25, 0.3) is 0 Å². The molecule has 5 heteroatoms. The molecule has 142 valence electrons. The molecular weight excluding hydrogens is 340 g/mol. The Balaban J connectivity index is 2.06. The molecule has 0 aromatic heterocycles. The molecule has 0 aliphatic carbocycles. The maximum absolute atomic E-state index is 6.07. The summed E-state index contributed by atoms with van der Waals surface area (Å²) < 4.78 is 17.2. The van der Waals surface area contributed by atoms with Crippen molar-refractivity contribution in [1.29, 1.82) is 0 Å². The van der Waals surface area contributed by atoms with Crippen LogP contribution in [0.2, 0.25) is 0 Å². The van der Waals surface area contributed by atoms with E-state index in [-0.39, 0.29) is 6.10 Å². The van der Waals surface area contributed by atoms with Crippen LogP contribution in [0.5, 0.6) is 0 Å². The molecule has 1 saturated heterocycles. The number of para-hydroxylation sites is 2. The summed E-state index contributed by atoms with van der Waals surface area (Å²) >= 11 is 0. The predicted octanol–water partition coefficient (Wildman–Crippen LogP) is 4.74. The van der Waals surface area contributed by atoms with Gasteiger partial charge in [0.1, 0.15) is 6.61 Å². The second-order valence-electron chi connectivity index (χ2n) is 6.82. The number of aliphatic imine (C=N–C) groups is 2. The smallest absolute Gasteiger partial charge is 0.279 e. The Hall–Kier alpha value is -2.66. The van der Waals surface area contributed by atoms with Gasteiger partial charge in [0, 0.05) is 7.11 Å². The second-order valence-corrected chi connectivity index (χ2v) is 6.82. The Bertz CT molecular complexity index is 847. The van der Waals surface area contributed by atoms with Gasteiger partial charge in [0.05, 0.1) is 18.0 Å². The lowest BCUT2D eigenvalue weighted by atomic mass is 10.1. The van der Waals surface area contributed by atoms with Crippen molar-refractivity contribution in [3.8, 4) is 0 Å². The van der Waals surface area contributed by atoms with Crippen LogP contribution >= 0.6 is 0 Å². The Morgan fingerprint density at radius 3 is 1.81 bits per heavy atom. The van der Waals surface area contributed by atoms with E-state index in [2.05, 4.69) is 0 Å². The molecular formula is C22H26N2O3. The molecule has 0 bridgehead atoms. The predicted molar refractivity (Wildman–Crippen MR) is 109 cm³/mol. The zero-order valence-electron chi connectivity index (χ0n) is 16.6. The lowest BCUT2D eigenvalue weighted by molar-refractivity contribution is 0.0245. The minimum absolute atomic E-state index is 0.213. The molecule has 1 aliphatic heterocycles. The minimum atomic E-state index is -0.213. The zero-order valence-corrected chi connectivity index (χ0v) is 16.6. The van der Waals surface area contributed by atoms with E-state index in [0.717, 1.165) is 33.6 Å². The molecule has 5 nitrogen and oxygen atoms in total. The van der Waals surface area contributed by atoms with Crippen molar-refractivity contribution in [1.82, 2.24) is 0 Å². The summed E-state index contributed by atoms with van der Waals surface area (Å²) in [5.74, 6) is 0.797. The molecule has 1 unspecified atom stereocenters. The van der Waals surface area contributed by atoms with Crippen molar-refractivity contribution in [2.45, 2.75) is 33.8 Å². The van der Waals surface area contributed by atoms with Gasteiger partial charge in [-0.05, 0) is 49.9 Å². The summed E-state index contributed by atoms with van der Waals surface area (Å²) in [5, 5.41) is 0. The lowest BCUT2D eigenvalue weighted by Crippen LogP contribution is -2.39. The third-order valence-electron chi connectivity index (χ3n) is 4.53. The SMILES string of the molecule is COCC1COC(=Nc2c(C)cccc2C)C(=Nc2c(C)cccc2C)O1. The average Bonchev–Trinajstić information content (AvgIpc) is 2.63. The molecule has 27 heavy (non-hydrogen) atoms. The monoisotopic (exact) mass is 366 g/mol. The zero-order chi connectivity index (χ0) is 19.4. The van der Waals surface area contributed by atoms with Crippen molar-refractivity contribution < 1.29 is 14.2 Å². The summed E-state index contributed by atoms with van der Waals surface area (Å²) in [4.78, 5) is 9.52. The number of nitrogens with zero attached hydrogens (tertiary/aromatic N) is 2. The van der Waals surface area contributed by atoms with E-state index in [0.29, 0.717) is 25.0 Å². The fraction of sp³-hybridized carbons (Fsp3) is 0.364. The third kappa shape index (κ3) is 4.37. The van der Waals surface area contributed by atoms with Crippen molar-refractivity contribution in [3.63, 3.8) is 0 Å². The first-order valence-corrected chi connectivity index (χ1v) is 9.08. The van der Waals surface area contributed by atoms with Gasteiger partial charge < -0.3 is 14.2 Å². The van der Waals surface area contributed by atoms with Crippen LogP contribution in [0.3, 0.4) is 0 Å². The molecule has 1 aliphatic rings. The average molecular weight is 366 g/mol. The summed E-state index contributed by atoms with van der Waals surface area (Å²) in [5.41, 5.74) is 6.07. The number of methoxy groups -OCH3 is 1. The van der Waals surface area contributed by atoms with Crippen molar-refractivity contribution in [3.05, 3.63) is 58.7 Å². The number of ether oxygens (including phenoxy) is 3. The number of hydrogen-bond donors (Lipinski definition) is 0. The molecule has 0 N–H and O–H groups in total. The van der Waals surface area contributed by atoms with Gasteiger partial charge in [-0.3, -0.25) is 0 Å². The third-order valence-corrected chi connectivity index (χ3v) is 4.53. The summed E-state index contributed by atoms with van der Waals surface area (Å²) in [7, 11) is 1.64. The molecule has 0 radical (unpaired) electrons. The summed E-state index contributed by atoms with van der Waals surface area (Å²) in [6, 6.07) is 12.2. The standard InChI is InChI=1S/C22H26N2O3/c1-14-8-6-9-15(2)19(14)23-21-22(27-18(12-25-5)13-26-21)24-20-16(3)10-7-11-17(20)4/h6-11,18H,12-13H2,1-5H3. The van der Waals surface area contributed by atoms with E-state index >= 15 is 0 Å². The first kappa shape index (κ1) is 19.1. The normalized spacial score (nSPS) is 19.8. The number of aryl methyl sites for hydroxylation is 4. The first-order valence-electron chi connectivity index (χ1n) is 9.08. The molecule has 3 rings (SSSR count). The van der Waals surface area contributed by atoms with Crippen molar-refractivity contribution in [2.24, 2.45) is 9.98 Å². The van der Waals surface area contributed by atoms with Gasteiger partial charge in [-0.15, -0.1) is 0 Å². The number of benzene rings is 2. The molecule has 0 saturated carbocycles. The largest absolute Gasteiger partial charge is 0.470 e. The Kier molecular flexibility index (Phi) is 5.91. The quantitative estimate of drug-likeness (QED) is 0.785. The van der Waals surface area contributed by atoms with Crippen molar-refractivity contribution >= 4 is 23.2 Å². The number of hydrogen-bond acceptors (Lipinski definition) is 5. The van der Waals surface area contributed by atoms with Crippen LogP contribution in [0, 0.1) is 27.7 Å². The van der Waals surface area contributed by atoms with Crippen LogP contribution in [-0.2, 0) is 14.2 Å². The van der Waals surface area contributed by atoms with Gasteiger partial charge in [0.25, 0.3) is 11.8 Å². The van der Waals surface area contributed by atoms with Crippen LogP contribution in [0.1, 0.15) is 22.3 Å². The maximum atomic E-state index is 6.07. The van der Waals surface area contributed by atoms with E-state index in [9.17, 15) is 0 Å². The molecule has 1 fully saturated rings. The van der Waals surface area contributed by atoms with Crippen LogP contribution < -0.4 is 0 Å². The first-order chi connectivity index (χ1) is 13.0. The van der Waals surface area contributed by atoms with Gasteiger partial charge in [0.15, 0.2) is 6.10 Å². The van der Waals surface area contributed by atoms with Gasteiger partial charge in [-0.25, -0.2) is 9.98 Å². The number of rotatable bonds is 4. The van der Waals surface area contributed by atoms with Gasteiger partial charge in [-0.1, -0.05) is 36.4 Å². The highest BCUT2D eigenvalue weighted by Crippen LogP contribution is 2.27. The molecule has 2 aromatic rings. The van der Waals surface area contributed by atoms with Crippen molar-refractivity contribution in [2.75, 3.05) is 20.3 Å². The maximum Gasteiger partial charge on any atom is 0.279 e. The Labute approximate surface area is 160 Å². The Morgan fingerprint density at radius 2 is 1.33 bits per heavy atom. The summed E-state index contributed by atoms with van der Waals surface area (Å²) in [6.45, 7) is 8.94. The fourth-order valence-electron chi connectivity index (χ4n) is 3.07. The molecule has 1 heterocycles. The highest BCUT2D eigenvalue weighted by molar-refractivity contribution is 6.36. The van der Waals surface area contributed by atoms with E-state index in [1.807, 2.05) is 64.1 Å². The Morgan fingerprint density at radius 1 is 0.852 bits per heavy atom.